The standard InChI is InChI=1S/C10H16N4O2S/c1-8-6-9(11)13-10(12-8)7-14-2-4-17(15,16)5-3-14/h6H,2-5,7H2,1H3,(H2,11,12,13). The molecular weight excluding hydrogens is 240 g/mol. The minimum atomic E-state index is -2.83. The summed E-state index contributed by atoms with van der Waals surface area (Å²) >= 11 is 0. The summed E-state index contributed by atoms with van der Waals surface area (Å²) in [5, 5.41) is 0. The molecule has 2 rings (SSSR count). The van der Waals surface area contributed by atoms with Gasteiger partial charge in [-0.25, -0.2) is 18.4 Å². The third-order valence-corrected chi connectivity index (χ3v) is 4.33. The Kier molecular flexibility index (Phi) is 3.30. The van der Waals surface area contributed by atoms with Gasteiger partial charge in [0.2, 0.25) is 0 Å². The Hall–Kier alpha value is -1.21. The van der Waals surface area contributed by atoms with Gasteiger partial charge in [0.25, 0.3) is 0 Å². The number of nitrogens with two attached hydrogens (primary N) is 1. The van der Waals surface area contributed by atoms with E-state index in [0.29, 0.717) is 31.3 Å². The van der Waals surface area contributed by atoms with Crippen molar-refractivity contribution in [1.82, 2.24) is 14.9 Å². The van der Waals surface area contributed by atoms with Gasteiger partial charge in [0.05, 0.1) is 18.1 Å². The summed E-state index contributed by atoms with van der Waals surface area (Å²) in [6.45, 7) is 3.50. The van der Waals surface area contributed by atoms with Crippen LogP contribution in [0.25, 0.3) is 0 Å². The summed E-state index contributed by atoms with van der Waals surface area (Å²) < 4.78 is 22.6. The van der Waals surface area contributed by atoms with Gasteiger partial charge in [-0.2, -0.15) is 0 Å². The summed E-state index contributed by atoms with van der Waals surface area (Å²) in [5.41, 5.74) is 6.47. The number of anilines is 1. The van der Waals surface area contributed by atoms with Crippen molar-refractivity contribution in [2.24, 2.45) is 0 Å². The largest absolute Gasteiger partial charge is 0.384 e. The molecule has 0 bridgehead atoms. The second kappa shape index (κ2) is 4.58. The highest BCUT2D eigenvalue weighted by molar-refractivity contribution is 7.91. The fourth-order valence-electron chi connectivity index (χ4n) is 1.84. The lowest BCUT2D eigenvalue weighted by atomic mass is 10.4. The molecule has 0 amide bonds. The molecule has 0 saturated carbocycles. The number of hydrogen-bond acceptors (Lipinski definition) is 6. The van der Waals surface area contributed by atoms with E-state index in [-0.39, 0.29) is 11.5 Å². The molecular formula is C10H16N4O2S. The maximum absolute atomic E-state index is 11.3. The quantitative estimate of drug-likeness (QED) is 0.774. The molecule has 0 unspecified atom stereocenters. The van der Waals surface area contributed by atoms with Gasteiger partial charge < -0.3 is 5.73 Å². The van der Waals surface area contributed by atoms with Crippen molar-refractivity contribution in [1.29, 1.82) is 0 Å². The summed E-state index contributed by atoms with van der Waals surface area (Å²) in [6, 6.07) is 1.71. The minimum Gasteiger partial charge on any atom is -0.384 e. The van der Waals surface area contributed by atoms with Crippen molar-refractivity contribution < 1.29 is 8.42 Å². The van der Waals surface area contributed by atoms with Crippen molar-refractivity contribution >= 4 is 15.7 Å². The Morgan fingerprint density at radius 2 is 2.00 bits per heavy atom. The summed E-state index contributed by atoms with van der Waals surface area (Å²) in [6.07, 6.45) is 0. The van der Waals surface area contributed by atoms with Gasteiger partial charge >= 0.3 is 0 Å². The smallest absolute Gasteiger partial charge is 0.152 e. The molecule has 2 N–H and O–H groups in total. The highest BCUT2D eigenvalue weighted by Crippen LogP contribution is 2.09. The van der Waals surface area contributed by atoms with E-state index in [1.54, 1.807) is 6.07 Å². The molecule has 1 saturated heterocycles. The maximum Gasteiger partial charge on any atom is 0.152 e. The summed E-state index contributed by atoms with van der Waals surface area (Å²) in [4.78, 5) is 10.5. The van der Waals surface area contributed by atoms with Crippen LogP contribution in [0.15, 0.2) is 6.07 Å². The van der Waals surface area contributed by atoms with E-state index in [4.69, 9.17) is 5.73 Å². The van der Waals surface area contributed by atoms with Crippen LogP contribution in [0.2, 0.25) is 0 Å². The number of rotatable bonds is 2. The first-order valence-corrected chi connectivity index (χ1v) is 7.29. The van der Waals surface area contributed by atoms with Gasteiger partial charge in [0, 0.05) is 24.8 Å². The SMILES string of the molecule is Cc1cc(N)nc(CN2CCS(=O)(=O)CC2)n1. The van der Waals surface area contributed by atoms with Gasteiger partial charge in [-0.1, -0.05) is 0 Å². The van der Waals surface area contributed by atoms with Gasteiger partial charge in [0.1, 0.15) is 11.6 Å². The van der Waals surface area contributed by atoms with Gasteiger partial charge in [-0.15, -0.1) is 0 Å². The first-order valence-electron chi connectivity index (χ1n) is 5.47. The van der Waals surface area contributed by atoms with Gasteiger partial charge in [-0.05, 0) is 6.92 Å². The molecule has 0 radical (unpaired) electrons. The zero-order chi connectivity index (χ0) is 12.5. The van der Waals surface area contributed by atoms with Crippen molar-refractivity contribution in [2.75, 3.05) is 30.3 Å². The van der Waals surface area contributed by atoms with Crippen LogP contribution in [0.1, 0.15) is 11.5 Å². The number of hydrogen-bond donors (Lipinski definition) is 1. The lowest BCUT2D eigenvalue weighted by molar-refractivity contribution is 0.280. The van der Waals surface area contributed by atoms with Crippen LogP contribution < -0.4 is 5.73 Å². The molecule has 0 aromatic carbocycles. The molecule has 0 atom stereocenters. The molecule has 17 heavy (non-hydrogen) atoms. The highest BCUT2D eigenvalue weighted by Gasteiger charge is 2.22. The van der Waals surface area contributed by atoms with Crippen LogP contribution in [0.5, 0.6) is 0 Å². The molecule has 0 spiro atoms. The Morgan fingerprint density at radius 1 is 1.35 bits per heavy atom. The van der Waals surface area contributed by atoms with Crippen LogP contribution >= 0.6 is 0 Å². The average molecular weight is 256 g/mol. The molecule has 1 aliphatic rings. The number of aryl methyl sites for hydroxylation is 1. The average Bonchev–Trinajstić information content (AvgIpc) is 2.20. The second-order valence-electron chi connectivity index (χ2n) is 4.28. The van der Waals surface area contributed by atoms with E-state index >= 15 is 0 Å². The highest BCUT2D eigenvalue weighted by atomic mass is 32.2. The predicted molar refractivity (Wildman–Crippen MR) is 65.1 cm³/mol. The second-order valence-corrected chi connectivity index (χ2v) is 6.58. The first-order chi connectivity index (χ1) is 7.94. The number of nitrogen functional groups attached to an aromatic ring is 1. The van der Waals surface area contributed by atoms with Crippen molar-refractivity contribution in [3.63, 3.8) is 0 Å². The number of nitrogens with zero attached hydrogens (tertiary/aromatic N) is 3. The zero-order valence-corrected chi connectivity index (χ0v) is 10.6. The van der Waals surface area contributed by atoms with Crippen molar-refractivity contribution in [2.45, 2.75) is 13.5 Å². The van der Waals surface area contributed by atoms with E-state index in [1.165, 1.54) is 0 Å². The maximum atomic E-state index is 11.3. The lowest BCUT2D eigenvalue weighted by Gasteiger charge is -2.25. The van der Waals surface area contributed by atoms with Crippen molar-refractivity contribution in [3.8, 4) is 0 Å². The van der Waals surface area contributed by atoms with E-state index in [0.717, 1.165) is 5.69 Å². The van der Waals surface area contributed by atoms with E-state index in [2.05, 4.69) is 9.97 Å². The lowest BCUT2D eigenvalue weighted by Crippen LogP contribution is -2.40. The van der Waals surface area contributed by atoms with Gasteiger partial charge in [0.15, 0.2) is 9.84 Å². The van der Waals surface area contributed by atoms with E-state index in [1.807, 2.05) is 11.8 Å². The van der Waals surface area contributed by atoms with Gasteiger partial charge in [-0.3, -0.25) is 4.90 Å². The summed E-state index contributed by atoms with van der Waals surface area (Å²) in [5.74, 6) is 1.54. The first kappa shape index (κ1) is 12.3. The molecule has 0 aliphatic carbocycles. The Bertz CT molecular complexity index is 481. The number of aromatic nitrogens is 2. The predicted octanol–water partition coefficient (Wildman–Crippen LogP) is -0.402. The van der Waals surface area contributed by atoms with E-state index < -0.39 is 9.84 Å². The summed E-state index contributed by atoms with van der Waals surface area (Å²) in [7, 11) is -2.83. The normalized spacial score (nSPS) is 20.3. The molecule has 7 heteroatoms. The third-order valence-electron chi connectivity index (χ3n) is 2.72. The minimum absolute atomic E-state index is 0.217. The third kappa shape index (κ3) is 3.37. The molecule has 6 nitrogen and oxygen atoms in total. The van der Waals surface area contributed by atoms with Crippen LogP contribution in [0.3, 0.4) is 0 Å². The zero-order valence-electron chi connectivity index (χ0n) is 9.76. The Morgan fingerprint density at radius 3 is 2.59 bits per heavy atom. The molecule has 94 valence electrons. The fraction of sp³-hybridized carbons (Fsp3) is 0.600. The molecule has 2 heterocycles. The van der Waals surface area contributed by atoms with Crippen molar-refractivity contribution in [3.05, 3.63) is 17.6 Å². The number of sulfone groups is 1. The topological polar surface area (TPSA) is 89.2 Å². The Labute approximate surface area is 101 Å². The fourth-order valence-corrected chi connectivity index (χ4v) is 3.11. The van der Waals surface area contributed by atoms with Crippen LogP contribution in [0.4, 0.5) is 5.82 Å². The Balaban J connectivity index is 2.02. The monoisotopic (exact) mass is 256 g/mol. The molecule has 1 aliphatic heterocycles. The molecule has 1 aromatic heterocycles. The van der Waals surface area contributed by atoms with Crippen LogP contribution in [-0.2, 0) is 16.4 Å². The van der Waals surface area contributed by atoms with Crippen LogP contribution in [0, 0.1) is 6.92 Å². The molecule has 1 aromatic rings. The van der Waals surface area contributed by atoms with E-state index in [9.17, 15) is 8.42 Å². The van der Waals surface area contributed by atoms with Crippen LogP contribution in [-0.4, -0.2) is 47.9 Å². The molecule has 1 fully saturated rings.